The zero-order chi connectivity index (χ0) is 16.5. The van der Waals surface area contributed by atoms with E-state index in [1.54, 1.807) is 0 Å². The van der Waals surface area contributed by atoms with Gasteiger partial charge < -0.3 is 9.64 Å². The van der Waals surface area contributed by atoms with Crippen molar-refractivity contribution >= 4 is 5.82 Å². The molecule has 0 amide bonds. The minimum Gasteiger partial charge on any atom is -0.381 e. The standard InChI is InChI=1S/C15H17F3N4O/c16-15(17,18)12-1-4-22(10-14(12)2-5-23-6-3-14)13-9-20-8-11(7-19)21-13/h8-9,12H,1-6,10H2/t12-/m0/s1. The van der Waals surface area contributed by atoms with Crippen molar-refractivity contribution in [1.29, 1.82) is 5.26 Å². The van der Waals surface area contributed by atoms with Crippen LogP contribution in [0.4, 0.5) is 19.0 Å². The Hall–Kier alpha value is -1.88. The minimum absolute atomic E-state index is 0.0297. The lowest BCUT2D eigenvalue weighted by Crippen LogP contribution is -2.55. The highest BCUT2D eigenvalue weighted by atomic mass is 19.4. The number of alkyl halides is 3. The molecule has 2 saturated heterocycles. The van der Waals surface area contributed by atoms with Gasteiger partial charge in [-0.05, 0) is 19.3 Å². The predicted octanol–water partition coefficient (Wildman–Crippen LogP) is 2.53. The van der Waals surface area contributed by atoms with Gasteiger partial charge in [0, 0.05) is 31.7 Å². The maximum absolute atomic E-state index is 13.5. The summed E-state index contributed by atoms with van der Waals surface area (Å²) in [5.74, 6) is -0.849. The van der Waals surface area contributed by atoms with E-state index in [9.17, 15) is 13.2 Å². The molecule has 0 radical (unpaired) electrons. The molecule has 0 bridgehead atoms. The van der Waals surface area contributed by atoms with Gasteiger partial charge in [0.05, 0.1) is 18.3 Å². The van der Waals surface area contributed by atoms with E-state index in [-0.39, 0.29) is 25.2 Å². The molecule has 1 atom stereocenters. The molecule has 1 spiro atoms. The van der Waals surface area contributed by atoms with Crippen LogP contribution in [0.25, 0.3) is 0 Å². The van der Waals surface area contributed by atoms with Crippen LogP contribution in [0.1, 0.15) is 25.0 Å². The Morgan fingerprint density at radius 3 is 2.70 bits per heavy atom. The number of anilines is 1. The second kappa shape index (κ2) is 5.96. The first-order valence-corrected chi connectivity index (χ1v) is 7.56. The molecule has 124 valence electrons. The van der Waals surface area contributed by atoms with Gasteiger partial charge in [-0.15, -0.1) is 0 Å². The summed E-state index contributed by atoms with van der Waals surface area (Å²) in [6.45, 7) is 1.23. The maximum Gasteiger partial charge on any atom is 0.392 e. The van der Waals surface area contributed by atoms with Crippen LogP contribution in [-0.4, -0.2) is 42.4 Å². The second-order valence-electron chi connectivity index (χ2n) is 6.15. The minimum atomic E-state index is -4.20. The van der Waals surface area contributed by atoms with Crippen molar-refractivity contribution in [3.8, 4) is 6.07 Å². The summed E-state index contributed by atoms with van der Waals surface area (Å²) in [6.07, 6.45) is -0.554. The van der Waals surface area contributed by atoms with Crippen LogP contribution in [0, 0.1) is 22.7 Å². The molecule has 8 heteroatoms. The first kappa shape index (κ1) is 16.0. The van der Waals surface area contributed by atoms with E-state index < -0.39 is 17.5 Å². The lowest BCUT2D eigenvalue weighted by Gasteiger charge is -2.50. The molecule has 1 aromatic rings. The number of halogens is 3. The average Bonchev–Trinajstić information content (AvgIpc) is 2.54. The van der Waals surface area contributed by atoms with E-state index in [2.05, 4.69) is 9.97 Å². The number of rotatable bonds is 1. The van der Waals surface area contributed by atoms with Crippen LogP contribution in [0.3, 0.4) is 0 Å². The monoisotopic (exact) mass is 326 g/mol. The topological polar surface area (TPSA) is 62.0 Å². The molecule has 23 heavy (non-hydrogen) atoms. The van der Waals surface area contributed by atoms with Crippen molar-refractivity contribution in [3.05, 3.63) is 18.1 Å². The number of hydrogen-bond donors (Lipinski definition) is 0. The van der Waals surface area contributed by atoms with Gasteiger partial charge in [0.1, 0.15) is 11.9 Å². The molecule has 2 aliphatic heterocycles. The SMILES string of the molecule is N#Cc1cncc(N2CC[C@H](C(F)(F)F)C3(CCOCC3)C2)n1. The first-order chi connectivity index (χ1) is 10.9. The molecular formula is C15H17F3N4O. The first-order valence-electron chi connectivity index (χ1n) is 7.56. The maximum atomic E-state index is 13.5. The van der Waals surface area contributed by atoms with Gasteiger partial charge in [0.15, 0.2) is 5.69 Å². The van der Waals surface area contributed by atoms with Crippen LogP contribution in [0.15, 0.2) is 12.4 Å². The summed E-state index contributed by atoms with van der Waals surface area (Å²) in [4.78, 5) is 9.95. The fourth-order valence-electron chi connectivity index (χ4n) is 3.71. The summed E-state index contributed by atoms with van der Waals surface area (Å²) in [7, 11) is 0. The number of piperidine rings is 1. The van der Waals surface area contributed by atoms with Crippen LogP contribution in [-0.2, 0) is 4.74 Å². The van der Waals surface area contributed by atoms with Gasteiger partial charge in [-0.1, -0.05) is 0 Å². The molecule has 0 saturated carbocycles. The summed E-state index contributed by atoms with van der Waals surface area (Å²) in [6, 6.07) is 1.91. The van der Waals surface area contributed by atoms with Crippen LogP contribution >= 0.6 is 0 Å². The molecule has 3 heterocycles. The molecule has 0 aliphatic carbocycles. The number of hydrogen-bond acceptors (Lipinski definition) is 5. The Kier molecular flexibility index (Phi) is 4.15. The molecule has 1 aromatic heterocycles. The Morgan fingerprint density at radius 2 is 2.04 bits per heavy atom. The number of ether oxygens (including phenoxy) is 1. The molecular weight excluding hydrogens is 309 g/mol. The lowest BCUT2D eigenvalue weighted by molar-refractivity contribution is -0.223. The van der Waals surface area contributed by atoms with Gasteiger partial charge in [-0.2, -0.15) is 18.4 Å². The normalized spacial score (nSPS) is 24.4. The second-order valence-corrected chi connectivity index (χ2v) is 6.15. The molecule has 3 rings (SSSR count). The van der Waals surface area contributed by atoms with Crippen molar-refractivity contribution in [2.75, 3.05) is 31.2 Å². The van der Waals surface area contributed by atoms with Crippen molar-refractivity contribution in [2.24, 2.45) is 11.3 Å². The molecule has 2 aliphatic rings. The fraction of sp³-hybridized carbons (Fsp3) is 0.667. The lowest BCUT2D eigenvalue weighted by atomic mass is 9.66. The zero-order valence-electron chi connectivity index (χ0n) is 12.5. The van der Waals surface area contributed by atoms with Crippen molar-refractivity contribution in [2.45, 2.75) is 25.4 Å². The van der Waals surface area contributed by atoms with Gasteiger partial charge >= 0.3 is 6.18 Å². The van der Waals surface area contributed by atoms with E-state index in [0.717, 1.165) is 0 Å². The molecule has 5 nitrogen and oxygen atoms in total. The zero-order valence-corrected chi connectivity index (χ0v) is 12.5. The molecule has 2 fully saturated rings. The third-order valence-corrected chi connectivity index (χ3v) is 4.88. The predicted molar refractivity (Wildman–Crippen MR) is 75.6 cm³/mol. The molecule has 0 N–H and O–H groups in total. The van der Waals surface area contributed by atoms with E-state index in [1.165, 1.54) is 12.4 Å². The quantitative estimate of drug-likeness (QED) is 0.793. The van der Waals surface area contributed by atoms with Crippen molar-refractivity contribution in [3.63, 3.8) is 0 Å². The smallest absolute Gasteiger partial charge is 0.381 e. The van der Waals surface area contributed by atoms with Gasteiger partial charge in [-0.3, -0.25) is 4.98 Å². The molecule has 0 aromatic carbocycles. The van der Waals surface area contributed by atoms with E-state index >= 15 is 0 Å². The van der Waals surface area contributed by atoms with Gasteiger partial charge in [0.25, 0.3) is 0 Å². The summed E-state index contributed by atoms with van der Waals surface area (Å²) in [5, 5.41) is 8.92. The van der Waals surface area contributed by atoms with Crippen LogP contribution in [0.5, 0.6) is 0 Å². The van der Waals surface area contributed by atoms with E-state index in [1.807, 2.05) is 11.0 Å². The van der Waals surface area contributed by atoms with Gasteiger partial charge in [-0.25, -0.2) is 4.98 Å². The highest BCUT2D eigenvalue weighted by molar-refractivity contribution is 5.40. The fourth-order valence-corrected chi connectivity index (χ4v) is 3.71. The Balaban J connectivity index is 1.88. The highest BCUT2D eigenvalue weighted by Gasteiger charge is 2.56. The third kappa shape index (κ3) is 3.11. The average molecular weight is 326 g/mol. The summed E-state index contributed by atoms with van der Waals surface area (Å²) >= 11 is 0. The molecule has 0 unspecified atom stereocenters. The Bertz CT molecular complexity index is 607. The summed E-state index contributed by atoms with van der Waals surface area (Å²) in [5.41, 5.74) is -0.680. The highest BCUT2D eigenvalue weighted by Crippen LogP contribution is 2.51. The van der Waals surface area contributed by atoms with Crippen molar-refractivity contribution in [1.82, 2.24) is 9.97 Å². The van der Waals surface area contributed by atoms with Crippen molar-refractivity contribution < 1.29 is 17.9 Å². The van der Waals surface area contributed by atoms with Gasteiger partial charge in [0.2, 0.25) is 0 Å². The van der Waals surface area contributed by atoms with E-state index in [0.29, 0.717) is 31.9 Å². The summed E-state index contributed by atoms with van der Waals surface area (Å²) < 4.78 is 45.7. The number of nitriles is 1. The van der Waals surface area contributed by atoms with E-state index in [4.69, 9.17) is 10.00 Å². The largest absolute Gasteiger partial charge is 0.392 e. The third-order valence-electron chi connectivity index (χ3n) is 4.88. The van der Waals surface area contributed by atoms with Crippen LogP contribution in [0.2, 0.25) is 0 Å². The van der Waals surface area contributed by atoms with Crippen LogP contribution < -0.4 is 4.90 Å². The Morgan fingerprint density at radius 1 is 1.30 bits per heavy atom. The number of aromatic nitrogens is 2. The number of nitrogens with zero attached hydrogens (tertiary/aromatic N) is 4. The Labute approximate surface area is 132 Å².